The van der Waals surface area contributed by atoms with Crippen LogP contribution in [0, 0.1) is 11.3 Å². The van der Waals surface area contributed by atoms with Crippen LogP contribution in [-0.4, -0.2) is 6.29 Å². The molecular weight excluding hydrogens is 172 g/mol. The number of hydrogen-bond donors (Lipinski definition) is 0. The van der Waals surface area contributed by atoms with Crippen LogP contribution in [0.3, 0.4) is 0 Å². The summed E-state index contributed by atoms with van der Waals surface area (Å²) in [5, 5.41) is 0. The summed E-state index contributed by atoms with van der Waals surface area (Å²) < 4.78 is 0. The highest BCUT2D eigenvalue weighted by molar-refractivity contribution is 5.64. The number of aldehydes is 1. The third-order valence-electron chi connectivity index (χ3n) is 3.54. The Morgan fingerprint density at radius 3 is 2.57 bits per heavy atom. The molecule has 1 aliphatic rings. The Kier molecular flexibility index (Phi) is 2.18. The van der Waals surface area contributed by atoms with Crippen LogP contribution >= 0.6 is 0 Å². The third-order valence-corrected chi connectivity index (χ3v) is 3.54. The fourth-order valence-corrected chi connectivity index (χ4v) is 2.29. The predicted molar refractivity (Wildman–Crippen MR) is 57.1 cm³/mol. The Hall–Kier alpha value is -1.11. The largest absolute Gasteiger partial charge is 0.303 e. The zero-order valence-corrected chi connectivity index (χ0v) is 8.73. The second-order valence-electron chi connectivity index (χ2n) is 4.63. The van der Waals surface area contributed by atoms with Gasteiger partial charge in [0.2, 0.25) is 0 Å². The van der Waals surface area contributed by atoms with Crippen molar-refractivity contribution in [2.45, 2.75) is 26.2 Å². The van der Waals surface area contributed by atoms with Crippen molar-refractivity contribution in [1.82, 2.24) is 0 Å². The molecule has 0 N–H and O–H groups in total. The highest BCUT2D eigenvalue weighted by Crippen LogP contribution is 2.57. The van der Waals surface area contributed by atoms with Crippen LogP contribution in [0.2, 0.25) is 0 Å². The maximum Gasteiger partial charge on any atom is 0.126 e. The van der Waals surface area contributed by atoms with Gasteiger partial charge in [-0.3, -0.25) is 0 Å². The molecule has 0 aromatic heterocycles. The summed E-state index contributed by atoms with van der Waals surface area (Å²) in [6, 6.07) is 10.4. The molecule has 1 heteroatoms. The number of carbonyl (C=O) groups is 1. The number of carbonyl (C=O) groups excluding carboxylic acids is 1. The minimum atomic E-state index is -0.0464. The Morgan fingerprint density at radius 1 is 1.43 bits per heavy atom. The Balaban J connectivity index is 2.12. The molecule has 3 atom stereocenters. The lowest BCUT2D eigenvalue weighted by molar-refractivity contribution is -0.112. The highest BCUT2D eigenvalue weighted by atomic mass is 16.1. The van der Waals surface area contributed by atoms with Crippen LogP contribution < -0.4 is 0 Å². The molecule has 14 heavy (non-hydrogen) atoms. The molecule has 1 aromatic rings. The first-order valence-electron chi connectivity index (χ1n) is 5.18. The van der Waals surface area contributed by atoms with Crippen LogP contribution in [-0.2, 0) is 4.79 Å². The van der Waals surface area contributed by atoms with Crippen molar-refractivity contribution in [1.29, 1.82) is 0 Å². The van der Waals surface area contributed by atoms with Gasteiger partial charge in [0.15, 0.2) is 0 Å². The van der Waals surface area contributed by atoms with E-state index in [9.17, 15) is 4.79 Å². The lowest BCUT2D eigenvalue weighted by Crippen LogP contribution is -2.05. The van der Waals surface area contributed by atoms with Gasteiger partial charge in [0.1, 0.15) is 6.29 Å². The number of hydrogen-bond acceptors (Lipinski definition) is 1. The summed E-state index contributed by atoms with van der Waals surface area (Å²) >= 11 is 0. The SMILES string of the molecule is C[C@@H](c1ccccc1)[C@@H]1C[C@]1(C)C=O. The van der Waals surface area contributed by atoms with Gasteiger partial charge < -0.3 is 4.79 Å². The zero-order chi connectivity index (χ0) is 10.2. The second kappa shape index (κ2) is 3.23. The van der Waals surface area contributed by atoms with Gasteiger partial charge in [-0.1, -0.05) is 44.2 Å². The summed E-state index contributed by atoms with van der Waals surface area (Å²) in [4.78, 5) is 10.8. The van der Waals surface area contributed by atoms with E-state index in [4.69, 9.17) is 0 Å². The molecule has 1 nitrogen and oxygen atoms in total. The fraction of sp³-hybridized carbons (Fsp3) is 0.462. The van der Waals surface area contributed by atoms with Crippen molar-refractivity contribution in [2.24, 2.45) is 11.3 Å². The van der Waals surface area contributed by atoms with E-state index in [1.165, 1.54) is 5.56 Å². The minimum Gasteiger partial charge on any atom is -0.303 e. The van der Waals surface area contributed by atoms with Crippen LogP contribution in [0.15, 0.2) is 30.3 Å². The van der Waals surface area contributed by atoms with Crippen molar-refractivity contribution in [3.05, 3.63) is 35.9 Å². The van der Waals surface area contributed by atoms with Crippen molar-refractivity contribution >= 4 is 6.29 Å². The maximum atomic E-state index is 10.8. The van der Waals surface area contributed by atoms with E-state index in [2.05, 4.69) is 38.1 Å². The number of benzene rings is 1. The van der Waals surface area contributed by atoms with E-state index >= 15 is 0 Å². The minimum absolute atomic E-state index is 0.0464. The van der Waals surface area contributed by atoms with Crippen molar-refractivity contribution in [3.8, 4) is 0 Å². The molecule has 0 bridgehead atoms. The number of rotatable bonds is 3. The van der Waals surface area contributed by atoms with Crippen molar-refractivity contribution in [2.75, 3.05) is 0 Å². The monoisotopic (exact) mass is 188 g/mol. The lowest BCUT2D eigenvalue weighted by Gasteiger charge is -2.12. The molecule has 0 heterocycles. The predicted octanol–water partition coefficient (Wildman–Crippen LogP) is 3.02. The molecule has 74 valence electrons. The van der Waals surface area contributed by atoms with Crippen LogP contribution in [0.25, 0.3) is 0 Å². The van der Waals surface area contributed by atoms with Crippen molar-refractivity contribution in [3.63, 3.8) is 0 Å². The Bertz CT molecular complexity index is 330. The van der Waals surface area contributed by atoms with Gasteiger partial charge in [-0.25, -0.2) is 0 Å². The molecule has 0 unspecified atom stereocenters. The molecule has 0 aliphatic heterocycles. The molecule has 0 spiro atoms. The van der Waals surface area contributed by atoms with E-state index in [0.717, 1.165) is 12.7 Å². The summed E-state index contributed by atoms with van der Waals surface area (Å²) in [5.41, 5.74) is 1.30. The van der Waals surface area contributed by atoms with Crippen LogP contribution in [0.5, 0.6) is 0 Å². The average Bonchev–Trinajstić information content (AvgIpc) is 2.92. The van der Waals surface area contributed by atoms with E-state index in [1.54, 1.807) is 0 Å². The summed E-state index contributed by atoms with van der Waals surface area (Å²) in [5.74, 6) is 1.05. The highest BCUT2D eigenvalue weighted by Gasteiger charge is 2.52. The third kappa shape index (κ3) is 1.47. The van der Waals surface area contributed by atoms with E-state index in [0.29, 0.717) is 11.8 Å². The first kappa shape index (κ1) is 9.45. The van der Waals surface area contributed by atoms with Gasteiger partial charge in [0, 0.05) is 5.41 Å². The molecule has 0 saturated heterocycles. The standard InChI is InChI=1S/C13H16O/c1-10(11-6-4-3-5-7-11)12-8-13(12,2)9-14/h3-7,9-10,12H,8H2,1-2H3/t10-,12-,13+/m0/s1. The molecule has 1 aromatic carbocycles. The summed E-state index contributed by atoms with van der Waals surface area (Å²) in [6.07, 6.45) is 2.17. The van der Waals surface area contributed by atoms with Gasteiger partial charge in [0.05, 0.1) is 0 Å². The molecule has 0 radical (unpaired) electrons. The van der Waals surface area contributed by atoms with Gasteiger partial charge in [0.25, 0.3) is 0 Å². The summed E-state index contributed by atoms with van der Waals surface area (Å²) in [6.45, 7) is 4.28. The molecule has 2 rings (SSSR count). The van der Waals surface area contributed by atoms with Crippen LogP contribution in [0.4, 0.5) is 0 Å². The normalized spacial score (nSPS) is 32.3. The summed E-state index contributed by atoms with van der Waals surface area (Å²) in [7, 11) is 0. The first-order valence-corrected chi connectivity index (χ1v) is 5.18. The second-order valence-corrected chi connectivity index (χ2v) is 4.63. The van der Waals surface area contributed by atoms with Gasteiger partial charge in [-0.05, 0) is 23.8 Å². The quantitative estimate of drug-likeness (QED) is 0.666. The zero-order valence-electron chi connectivity index (χ0n) is 8.73. The topological polar surface area (TPSA) is 17.1 Å². The average molecular weight is 188 g/mol. The van der Waals surface area contributed by atoms with Crippen LogP contribution in [0.1, 0.15) is 31.7 Å². The molecule has 0 amide bonds. The van der Waals surface area contributed by atoms with E-state index in [1.807, 2.05) is 6.07 Å². The van der Waals surface area contributed by atoms with E-state index in [-0.39, 0.29) is 5.41 Å². The van der Waals surface area contributed by atoms with Crippen molar-refractivity contribution < 1.29 is 4.79 Å². The Morgan fingerprint density at radius 2 is 2.07 bits per heavy atom. The molecule has 1 saturated carbocycles. The first-order chi connectivity index (χ1) is 6.67. The molecule has 1 aliphatic carbocycles. The smallest absolute Gasteiger partial charge is 0.126 e. The lowest BCUT2D eigenvalue weighted by atomic mass is 9.92. The van der Waals surface area contributed by atoms with Gasteiger partial charge >= 0.3 is 0 Å². The molecular formula is C13H16O. The maximum absolute atomic E-state index is 10.8. The van der Waals surface area contributed by atoms with Gasteiger partial charge in [-0.15, -0.1) is 0 Å². The fourth-order valence-electron chi connectivity index (χ4n) is 2.29. The van der Waals surface area contributed by atoms with Gasteiger partial charge in [-0.2, -0.15) is 0 Å². The molecule has 1 fully saturated rings. The van der Waals surface area contributed by atoms with E-state index < -0.39 is 0 Å². The Labute approximate surface area is 85.1 Å².